The Kier molecular flexibility index (Phi) is 3.51. The molecule has 0 saturated heterocycles. The first-order valence-electron chi connectivity index (χ1n) is 7.58. The summed E-state index contributed by atoms with van der Waals surface area (Å²) in [7, 11) is 0. The SMILES string of the molecule is Cc1cc(C)c(NC(=O)C2(c3ccc(F)cc3)CC2)c(C)c1. The molecule has 1 amide bonds. The third-order valence-corrected chi connectivity index (χ3v) is 4.50. The van der Waals surface area contributed by atoms with Gasteiger partial charge < -0.3 is 5.32 Å². The summed E-state index contributed by atoms with van der Waals surface area (Å²) in [5.41, 5.74) is 4.63. The Morgan fingerprint density at radius 2 is 1.59 bits per heavy atom. The number of hydrogen-bond donors (Lipinski definition) is 1. The van der Waals surface area contributed by atoms with Crippen LogP contribution in [0.15, 0.2) is 36.4 Å². The van der Waals surface area contributed by atoms with Gasteiger partial charge in [0.05, 0.1) is 5.41 Å². The lowest BCUT2D eigenvalue weighted by Crippen LogP contribution is -2.28. The number of anilines is 1. The molecule has 2 nitrogen and oxygen atoms in total. The van der Waals surface area contributed by atoms with Crippen molar-refractivity contribution in [2.75, 3.05) is 5.32 Å². The third kappa shape index (κ3) is 2.52. The second kappa shape index (κ2) is 5.24. The van der Waals surface area contributed by atoms with Crippen molar-refractivity contribution in [2.45, 2.75) is 39.0 Å². The van der Waals surface area contributed by atoms with Crippen molar-refractivity contribution in [3.8, 4) is 0 Å². The number of nitrogens with one attached hydrogen (secondary N) is 1. The first-order chi connectivity index (χ1) is 10.4. The normalized spacial score (nSPS) is 15.5. The predicted octanol–water partition coefficient (Wildman–Crippen LogP) is 4.42. The van der Waals surface area contributed by atoms with Gasteiger partial charge in [-0.1, -0.05) is 29.8 Å². The molecule has 1 aliphatic carbocycles. The molecule has 1 saturated carbocycles. The number of amides is 1. The van der Waals surface area contributed by atoms with Crippen LogP contribution in [0.5, 0.6) is 0 Å². The smallest absolute Gasteiger partial charge is 0.235 e. The van der Waals surface area contributed by atoms with Gasteiger partial charge in [-0.25, -0.2) is 4.39 Å². The largest absolute Gasteiger partial charge is 0.325 e. The van der Waals surface area contributed by atoms with Gasteiger partial charge in [0.15, 0.2) is 0 Å². The number of aryl methyl sites for hydroxylation is 3. The average Bonchev–Trinajstić information content (AvgIpc) is 3.25. The Labute approximate surface area is 130 Å². The molecule has 1 fully saturated rings. The third-order valence-electron chi connectivity index (χ3n) is 4.50. The number of rotatable bonds is 3. The van der Waals surface area contributed by atoms with Gasteiger partial charge in [-0.3, -0.25) is 4.79 Å². The lowest BCUT2D eigenvalue weighted by molar-refractivity contribution is -0.118. The molecule has 3 heteroatoms. The lowest BCUT2D eigenvalue weighted by atomic mass is 9.94. The van der Waals surface area contributed by atoms with E-state index in [1.807, 2.05) is 20.8 Å². The molecular formula is C19H20FNO. The molecule has 22 heavy (non-hydrogen) atoms. The van der Waals surface area contributed by atoms with Crippen LogP contribution in [0.3, 0.4) is 0 Å². The van der Waals surface area contributed by atoms with Crippen molar-refractivity contribution in [3.63, 3.8) is 0 Å². The molecule has 2 aromatic carbocycles. The molecule has 2 aromatic rings. The van der Waals surface area contributed by atoms with Crippen molar-refractivity contribution >= 4 is 11.6 Å². The standard InChI is InChI=1S/C19H20FNO/c1-12-10-13(2)17(14(3)11-12)21-18(22)19(8-9-19)15-4-6-16(20)7-5-15/h4-7,10-11H,8-9H2,1-3H3,(H,21,22). The Bertz CT molecular complexity index is 707. The molecule has 0 aliphatic heterocycles. The maximum Gasteiger partial charge on any atom is 0.235 e. The van der Waals surface area contributed by atoms with E-state index in [9.17, 15) is 9.18 Å². The van der Waals surface area contributed by atoms with E-state index in [4.69, 9.17) is 0 Å². The highest BCUT2D eigenvalue weighted by molar-refractivity contribution is 6.02. The van der Waals surface area contributed by atoms with Crippen LogP contribution in [0, 0.1) is 26.6 Å². The fraction of sp³-hybridized carbons (Fsp3) is 0.316. The van der Waals surface area contributed by atoms with Crippen LogP contribution < -0.4 is 5.32 Å². The van der Waals surface area contributed by atoms with E-state index in [1.165, 1.54) is 17.7 Å². The summed E-state index contributed by atoms with van der Waals surface area (Å²) in [6.45, 7) is 6.06. The molecule has 0 unspecified atom stereocenters. The Morgan fingerprint density at radius 1 is 1.05 bits per heavy atom. The fourth-order valence-corrected chi connectivity index (χ4v) is 3.15. The molecule has 0 spiro atoms. The Hall–Kier alpha value is -2.16. The zero-order valence-electron chi connectivity index (χ0n) is 13.2. The summed E-state index contributed by atoms with van der Waals surface area (Å²) in [5, 5.41) is 3.09. The van der Waals surface area contributed by atoms with E-state index in [0.29, 0.717) is 0 Å². The maximum atomic E-state index is 13.1. The number of carbonyl (C=O) groups is 1. The molecule has 114 valence electrons. The number of benzene rings is 2. The minimum Gasteiger partial charge on any atom is -0.325 e. The van der Waals surface area contributed by atoms with Gasteiger partial charge >= 0.3 is 0 Å². The van der Waals surface area contributed by atoms with Crippen LogP contribution in [0.25, 0.3) is 0 Å². The van der Waals surface area contributed by atoms with Crippen LogP contribution in [-0.4, -0.2) is 5.91 Å². The van der Waals surface area contributed by atoms with Gasteiger partial charge in [-0.05, 0) is 62.4 Å². The number of hydrogen-bond acceptors (Lipinski definition) is 1. The monoisotopic (exact) mass is 297 g/mol. The summed E-state index contributed by atoms with van der Waals surface area (Å²) in [6, 6.07) is 10.4. The van der Waals surface area contributed by atoms with Gasteiger partial charge in [0, 0.05) is 5.69 Å². The van der Waals surface area contributed by atoms with Crippen LogP contribution in [0.4, 0.5) is 10.1 Å². The van der Waals surface area contributed by atoms with Crippen molar-refractivity contribution in [2.24, 2.45) is 0 Å². The topological polar surface area (TPSA) is 29.1 Å². The highest BCUT2D eigenvalue weighted by Crippen LogP contribution is 2.49. The van der Waals surface area contributed by atoms with E-state index in [0.717, 1.165) is 35.2 Å². The van der Waals surface area contributed by atoms with Crippen LogP contribution in [0.1, 0.15) is 35.1 Å². The van der Waals surface area contributed by atoms with Gasteiger partial charge in [0.1, 0.15) is 5.82 Å². The molecule has 3 rings (SSSR count). The van der Waals surface area contributed by atoms with E-state index in [1.54, 1.807) is 12.1 Å². The van der Waals surface area contributed by atoms with Crippen molar-refractivity contribution in [1.29, 1.82) is 0 Å². The van der Waals surface area contributed by atoms with Gasteiger partial charge in [0.2, 0.25) is 5.91 Å². The van der Waals surface area contributed by atoms with Crippen LogP contribution in [-0.2, 0) is 10.2 Å². The zero-order valence-corrected chi connectivity index (χ0v) is 13.2. The molecular weight excluding hydrogens is 277 g/mol. The molecule has 1 N–H and O–H groups in total. The van der Waals surface area contributed by atoms with Gasteiger partial charge in [-0.15, -0.1) is 0 Å². The van der Waals surface area contributed by atoms with Crippen molar-refractivity contribution in [1.82, 2.24) is 0 Å². The molecule has 0 heterocycles. The van der Waals surface area contributed by atoms with Crippen molar-refractivity contribution < 1.29 is 9.18 Å². The van der Waals surface area contributed by atoms with Crippen LogP contribution in [0.2, 0.25) is 0 Å². The van der Waals surface area contributed by atoms with Crippen LogP contribution >= 0.6 is 0 Å². The highest BCUT2D eigenvalue weighted by Gasteiger charge is 2.51. The number of halogens is 1. The van der Waals surface area contributed by atoms with Crippen molar-refractivity contribution in [3.05, 3.63) is 64.5 Å². The summed E-state index contributed by atoms with van der Waals surface area (Å²) in [5.74, 6) is -0.264. The minimum absolute atomic E-state index is 0.00848. The van der Waals surface area contributed by atoms with E-state index < -0.39 is 5.41 Å². The quantitative estimate of drug-likeness (QED) is 0.892. The summed E-state index contributed by atoms with van der Waals surface area (Å²) >= 11 is 0. The molecule has 0 radical (unpaired) electrons. The van der Waals surface area contributed by atoms with Gasteiger partial charge in [0.25, 0.3) is 0 Å². The lowest BCUT2D eigenvalue weighted by Gasteiger charge is -2.19. The second-order valence-electron chi connectivity index (χ2n) is 6.32. The summed E-state index contributed by atoms with van der Waals surface area (Å²) < 4.78 is 13.1. The first-order valence-corrected chi connectivity index (χ1v) is 7.58. The molecule has 0 bridgehead atoms. The van der Waals surface area contributed by atoms with E-state index in [-0.39, 0.29) is 11.7 Å². The predicted molar refractivity (Wildman–Crippen MR) is 86.6 cm³/mol. The summed E-state index contributed by atoms with van der Waals surface area (Å²) in [6.07, 6.45) is 1.63. The highest BCUT2D eigenvalue weighted by atomic mass is 19.1. The Morgan fingerprint density at radius 3 is 2.09 bits per heavy atom. The molecule has 1 aliphatic rings. The average molecular weight is 297 g/mol. The first kappa shape index (κ1) is 14.8. The number of carbonyl (C=O) groups excluding carboxylic acids is 1. The molecule has 0 aromatic heterocycles. The fourth-order valence-electron chi connectivity index (χ4n) is 3.15. The zero-order chi connectivity index (χ0) is 15.9. The second-order valence-corrected chi connectivity index (χ2v) is 6.32. The Balaban J connectivity index is 1.88. The van der Waals surface area contributed by atoms with E-state index >= 15 is 0 Å². The van der Waals surface area contributed by atoms with Gasteiger partial charge in [-0.2, -0.15) is 0 Å². The minimum atomic E-state index is -0.489. The van der Waals surface area contributed by atoms with E-state index in [2.05, 4.69) is 17.4 Å². The summed E-state index contributed by atoms with van der Waals surface area (Å²) in [4.78, 5) is 12.8. The molecule has 0 atom stereocenters. The maximum absolute atomic E-state index is 13.1.